The van der Waals surface area contributed by atoms with Crippen molar-refractivity contribution in [2.75, 3.05) is 18.1 Å². The number of amides is 1. The zero-order valence-corrected chi connectivity index (χ0v) is 14.8. The largest absolute Gasteiger partial charge is 0.481 e. The lowest BCUT2D eigenvalue weighted by Crippen LogP contribution is -2.51. The van der Waals surface area contributed by atoms with E-state index in [1.807, 2.05) is 0 Å². The van der Waals surface area contributed by atoms with Gasteiger partial charge in [-0.15, -0.1) is 0 Å². The second-order valence-electron chi connectivity index (χ2n) is 5.19. The first-order valence-electron chi connectivity index (χ1n) is 7.10. The molecule has 0 bridgehead atoms. The predicted octanol–water partition coefficient (Wildman–Crippen LogP) is 3.18. The highest BCUT2D eigenvalue weighted by atomic mass is 35.5. The summed E-state index contributed by atoms with van der Waals surface area (Å²) in [5.74, 6) is 0.633. The molecule has 1 fully saturated rings. The van der Waals surface area contributed by atoms with Crippen LogP contribution >= 0.6 is 35.0 Å². The zero-order chi connectivity index (χ0) is 17.0. The quantitative estimate of drug-likeness (QED) is 0.853. The van der Waals surface area contributed by atoms with Gasteiger partial charge in [0.15, 0.2) is 6.10 Å². The van der Waals surface area contributed by atoms with Crippen LogP contribution in [0.4, 0.5) is 0 Å². The molecule has 1 N–H and O–H groups in total. The molecule has 126 valence electrons. The highest BCUT2D eigenvalue weighted by Gasteiger charge is 2.32. The summed E-state index contributed by atoms with van der Waals surface area (Å²) in [6.07, 6.45) is -0.819. The molecule has 0 radical (unpaired) electrons. The second-order valence-corrected chi connectivity index (χ2v) is 7.19. The molecular weight excluding hydrogens is 361 g/mol. The average Bonchev–Trinajstić information content (AvgIpc) is 2.49. The molecule has 1 heterocycles. The number of carboxylic acids is 1. The molecular formula is C15H17Cl2NO4S. The summed E-state index contributed by atoms with van der Waals surface area (Å²) in [6, 6.07) is 4.46. The monoisotopic (exact) mass is 377 g/mol. The number of carboxylic acid groups (broad SMARTS) is 1. The predicted molar refractivity (Wildman–Crippen MR) is 91.6 cm³/mol. The van der Waals surface area contributed by atoms with Crippen LogP contribution in [-0.2, 0) is 9.59 Å². The summed E-state index contributed by atoms with van der Waals surface area (Å²) in [6.45, 7) is 2.15. The van der Waals surface area contributed by atoms with E-state index in [0.29, 0.717) is 28.1 Å². The van der Waals surface area contributed by atoms with Crippen molar-refractivity contribution in [3.63, 3.8) is 0 Å². The van der Waals surface area contributed by atoms with Gasteiger partial charge in [0.1, 0.15) is 5.75 Å². The van der Waals surface area contributed by atoms with Crippen LogP contribution in [0.25, 0.3) is 0 Å². The fourth-order valence-electron chi connectivity index (χ4n) is 2.36. The van der Waals surface area contributed by atoms with Crippen molar-refractivity contribution in [1.29, 1.82) is 0 Å². The Hall–Kier alpha value is -1.11. The summed E-state index contributed by atoms with van der Waals surface area (Å²) >= 11 is 13.5. The van der Waals surface area contributed by atoms with Gasteiger partial charge in [-0.1, -0.05) is 23.2 Å². The average molecular weight is 378 g/mol. The molecule has 1 aliphatic rings. The molecule has 0 spiro atoms. The Morgan fingerprint density at radius 3 is 2.87 bits per heavy atom. The van der Waals surface area contributed by atoms with Crippen molar-refractivity contribution in [1.82, 2.24) is 4.90 Å². The Labute approximate surface area is 148 Å². The minimum atomic E-state index is -0.912. The Bertz CT molecular complexity index is 599. The van der Waals surface area contributed by atoms with Crippen molar-refractivity contribution < 1.29 is 19.4 Å². The van der Waals surface area contributed by atoms with E-state index in [9.17, 15) is 9.59 Å². The number of nitrogens with zero attached hydrogens (tertiary/aromatic N) is 1. The van der Waals surface area contributed by atoms with Crippen molar-refractivity contribution >= 4 is 46.8 Å². The number of rotatable bonds is 5. The first-order chi connectivity index (χ1) is 10.9. The molecule has 23 heavy (non-hydrogen) atoms. The molecule has 0 aromatic heterocycles. The highest BCUT2D eigenvalue weighted by molar-refractivity contribution is 7.99. The van der Waals surface area contributed by atoms with Gasteiger partial charge in [0.05, 0.1) is 17.5 Å². The minimum Gasteiger partial charge on any atom is -0.481 e. The van der Waals surface area contributed by atoms with Crippen LogP contribution in [0.15, 0.2) is 18.2 Å². The maximum Gasteiger partial charge on any atom is 0.305 e. The van der Waals surface area contributed by atoms with Crippen LogP contribution in [0.3, 0.4) is 0 Å². The molecule has 0 saturated carbocycles. The molecule has 2 atom stereocenters. The van der Waals surface area contributed by atoms with E-state index in [4.69, 9.17) is 33.0 Å². The molecule has 1 aliphatic heterocycles. The summed E-state index contributed by atoms with van der Waals surface area (Å²) in [5.41, 5.74) is 0. The fourth-order valence-corrected chi connectivity index (χ4v) is 3.88. The third-order valence-electron chi connectivity index (χ3n) is 3.47. The summed E-state index contributed by atoms with van der Waals surface area (Å²) in [4.78, 5) is 25.2. The highest BCUT2D eigenvalue weighted by Crippen LogP contribution is 2.29. The number of carbonyl (C=O) groups is 2. The fraction of sp³-hybridized carbons (Fsp3) is 0.467. The van der Waals surface area contributed by atoms with Gasteiger partial charge in [-0.05, 0) is 25.1 Å². The van der Waals surface area contributed by atoms with E-state index < -0.39 is 12.1 Å². The molecule has 5 nitrogen and oxygen atoms in total. The van der Waals surface area contributed by atoms with Crippen LogP contribution in [0.2, 0.25) is 10.0 Å². The standard InChI is InChI=1S/C15H17Cl2NO4S/c1-9(22-13-3-2-10(16)6-12(13)17)15(21)18-4-5-23-8-11(18)7-14(19)20/h2-3,6,9,11H,4-5,7-8H2,1H3,(H,19,20). The van der Waals surface area contributed by atoms with Gasteiger partial charge in [-0.2, -0.15) is 11.8 Å². The smallest absolute Gasteiger partial charge is 0.305 e. The maximum absolute atomic E-state index is 12.6. The number of hydrogen-bond acceptors (Lipinski definition) is 4. The lowest BCUT2D eigenvalue weighted by molar-refractivity contribution is -0.143. The number of halogens is 2. The number of ether oxygens (including phenoxy) is 1. The van der Waals surface area contributed by atoms with Gasteiger partial charge < -0.3 is 14.7 Å². The third-order valence-corrected chi connectivity index (χ3v) is 5.09. The number of carbonyl (C=O) groups excluding carboxylic acids is 1. The molecule has 2 rings (SSSR count). The van der Waals surface area contributed by atoms with Crippen molar-refractivity contribution in [2.45, 2.75) is 25.5 Å². The Morgan fingerprint density at radius 1 is 1.48 bits per heavy atom. The van der Waals surface area contributed by atoms with Crippen LogP contribution in [0.5, 0.6) is 5.75 Å². The number of thioether (sulfide) groups is 1. The Kier molecular flexibility index (Phi) is 6.44. The third kappa shape index (κ3) is 4.93. The van der Waals surface area contributed by atoms with E-state index in [2.05, 4.69) is 0 Å². The Balaban J connectivity index is 2.06. The van der Waals surface area contributed by atoms with Gasteiger partial charge in [0.2, 0.25) is 0 Å². The van der Waals surface area contributed by atoms with Crippen LogP contribution in [0.1, 0.15) is 13.3 Å². The van der Waals surface area contributed by atoms with Crippen LogP contribution in [0, 0.1) is 0 Å². The molecule has 1 amide bonds. The lowest BCUT2D eigenvalue weighted by Gasteiger charge is -2.36. The summed E-state index contributed by atoms with van der Waals surface area (Å²) < 4.78 is 5.63. The van der Waals surface area contributed by atoms with Gasteiger partial charge in [-0.25, -0.2) is 0 Å². The topological polar surface area (TPSA) is 66.8 Å². The van der Waals surface area contributed by atoms with E-state index in [1.54, 1.807) is 41.8 Å². The number of hydrogen-bond donors (Lipinski definition) is 1. The van der Waals surface area contributed by atoms with E-state index in [-0.39, 0.29) is 18.4 Å². The number of benzene rings is 1. The first kappa shape index (κ1) is 18.2. The molecule has 0 aliphatic carbocycles. The molecule has 2 unspecified atom stereocenters. The summed E-state index contributed by atoms with van der Waals surface area (Å²) in [5, 5.41) is 9.80. The molecule has 8 heteroatoms. The van der Waals surface area contributed by atoms with E-state index >= 15 is 0 Å². The zero-order valence-electron chi connectivity index (χ0n) is 12.5. The van der Waals surface area contributed by atoms with E-state index in [0.717, 1.165) is 5.75 Å². The molecule has 1 aromatic rings. The second kappa shape index (κ2) is 8.13. The minimum absolute atomic E-state index is 0.0623. The van der Waals surface area contributed by atoms with Gasteiger partial charge in [0.25, 0.3) is 5.91 Å². The molecule has 1 saturated heterocycles. The van der Waals surface area contributed by atoms with Gasteiger partial charge in [0, 0.05) is 23.1 Å². The Morgan fingerprint density at radius 2 is 2.22 bits per heavy atom. The number of aliphatic carboxylic acids is 1. The van der Waals surface area contributed by atoms with Crippen LogP contribution < -0.4 is 4.74 Å². The van der Waals surface area contributed by atoms with Crippen molar-refractivity contribution in [3.05, 3.63) is 28.2 Å². The van der Waals surface area contributed by atoms with Crippen molar-refractivity contribution in [3.8, 4) is 5.75 Å². The van der Waals surface area contributed by atoms with Crippen molar-refractivity contribution in [2.24, 2.45) is 0 Å². The molecule has 1 aromatic carbocycles. The first-order valence-corrected chi connectivity index (χ1v) is 9.01. The maximum atomic E-state index is 12.6. The van der Waals surface area contributed by atoms with Gasteiger partial charge in [-0.3, -0.25) is 9.59 Å². The lowest BCUT2D eigenvalue weighted by atomic mass is 10.1. The van der Waals surface area contributed by atoms with E-state index in [1.165, 1.54) is 0 Å². The van der Waals surface area contributed by atoms with Gasteiger partial charge >= 0.3 is 5.97 Å². The normalized spacial score (nSPS) is 19.3. The van der Waals surface area contributed by atoms with Crippen LogP contribution in [-0.4, -0.2) is 52.1 Å². The summed E-state index contributed by atoms with van der Waals surface area (Å²) in [7, 11) is 0. The SMILES string of the molecule is CC(Oc1ccc(Cl)cc1Cl)C(=O)N1CCSCC1CC(=O)O.